The van der Waals surface area contributed by atoms with Gasteiger partial charge in [0.05, 0.1) is 18.7 Å². The van der Waals surface area contributed by atoms with E-state index in [1.807, 2.05) is 31.4 Å². The van der Waals surface area contributed by atoms with Crippen molar-refractivity contribution < 1.29 is 9.84 Å². The van der Waals surface area contributed by atoms with E-state index < -0.39 is 6.10 Å². The Morgan fingerprint density at radius 3 is 3.14 bits per heavy atom. The van der Waals surface area contributed by atoms with Crippen molar-refractivity contribution in [1.29, 1.82) is 0 Å². The van der Waals surface area contributed by atoms with Crippen molar-refractivity contribution in [1.82, 2.24) is 20.0 Å². The van der Waals surface area contributed by atoms with Crippen molar-refractivity contribution in [2.45, 2.75) is 12.7 Å². The van der Waals surface area contributed by atoms with Gasteiger partial charge < -0.3 is 9.84 Å². The van der Waals surface area contributed by atoms with Crippen LogP contribution in [0.15, 0.2) is 30.6 Å². The van der Waals surface area contributed by atoms with E-state index in [0.29, 0.717) is 13.2 Å². The van der Waals surface area contributed by atoms with E-state index in [1.165, 1.54) is 0 Å². The fourth-order valence-corrected chi connectivity index (χ4v) is 2.76. The van der Waals surface area contributed by atoms with Crippen molar-refractivity contribution in [3.05, 3.63) is 41.7 Å². The summed E-state index contributed by atoms with van der Waals surface area (Å²) in [5.41, 5.74) is 5.67. The fraction of sp³-hybridized carbons (Fsp3) is 0.267. The quantitative estimate of drug-likeness (QED) is 0.734. The van der Waals surface area contributed by atoms with E-state index in [4.69, 9.17) is 4.74 Å². The molecule has 4 rings (SSSR count). The highest BCUT2D eigenvalue weighted by Gasteiger charge is 2.22. The van der Waals surface area contributed by atoms with Gasteiger partial charge in [0.15, 0.2) is 0 Å². The van der Waals surface area contributed by atoms with Crippen molar-refractivity contribution in [2.24, 2.45) is 7.05 Å². The second-order valence-electron chi connectivity index (χ2n) is 5.20. The summed E-state index contributed by atoms with van der Waals surface area (Å²) >= 11 is 0. The maximum absolute atomic E-state index is 10.0. The summed E-state index contributed by atoms with van der Waals surface area (Å²) in [6.45, 7) is 0.814. The average molecular weight is 282 g/mol. The van der Waals surface area contributed by atoms with Crippen LogP contribution in [0, 0.1) is 0 Å². The number of aliphatic hydroxyl groups excluding tert-OH is 1. The summed E-state index contributed by atoms with van der Waals surface area (Å²) in [6.07, 6.45) is 2.92. The van der Waals surface area contributed by atoms with Crippen LogP contribution in [0.4, 0.5) is 0 Å². The zero-order valence-electron chi connectivity index (χ0n) is 11.5. The highest BCUT2D eigenvalue weighted by atomic mass is 16.5. The molecule has 1 aromatic carbocycles. The van der Waals surface area contributed by atoms with Gasteiger partial charge in [0, 0.05) is 30.6 Å². The molecular formula is C15H14N4O2. The number of nitrogens with zero attached hydrogens (tertiary/aromatic N) is 4. The molecule has 2 aromatic heterocycles. The third-order valence-corrected chi connectivity index (χ3v) is 3.89. The summed E-state index contributed by atoms with van der Waals surface area (Å²) in [7, 11) is 1.87. The third kappa shape index (κ3) is 1.91. The van der Waals surface area contributed by atoms with Crippen LogP contribution >= 0.6 is 0 Å². The lowest BCUT2D eigenvalue weighted by atomic mass is 9.94. The third-order valence-electron chi connectivity index (χ3n) is 3.89. The predicted octanol–water partition coefficient (Wildman–Crippen LogP) is 1.59. The molecule has 3 aromatic rings. The first-order valence-electron chi connectivity index (χ1n) is 6.76. The number of aromatic nitrogens is 4. The number of benzene rings is 1. The maximum atomic E-state index is 10.0. The lowest BCUT2D eigenvalue weighted by Gasteiger charge is -2.23. The normalized spacial score (nSPS) is 17.9. The molecule has 6 nitrogen and oxygen atoms in total. The molecule has 1 atom stereocenters. The predicted molar refractivity (Wildman–Crippen MR) is 76.4 cm³/mol. The van der Waals surface area contributed by atoms with Crippen LogP contribution in [0.1, 0.15) is 17.2 Å². The molecule has 6 heteroatoms. The van der Waals surface area contributed by atoms with E-state index in [0.717, 1.165) is 33.3 Å². The van der Waals surface area contributed by atoms with E-state index in [-0.39, 0.29) is 0 Å². The Morgan fingerprint density at radius 1 is 1.33 bits per heavy atom. The molecule has 0 spiro atoms. The van der Waals surface area contributed by atoms with Crippen LogP contribution in [0.2, 0.25) is 0 Å². The molecule has 0 aliphatic carbocycles. The molecule has 0 bridgehead atoms. The number of hydrogen-bond acceptors (Lipinski definition) is 5. The monoisotopic (exact) mass is 282 g/mol. The fourth-order valence-electron chi connectivity index (χ4n) is 2.76. The number of rotatable bonds is 1. The minimum absolute atomic E-state index is 0.322. The van der Waals surface area contributed by atoms with Crippen molar-refractivity contribution in [3.8, 4) is 11.1 Å². The average Bonchev–Trinajstić information content (AvgIpc) is 2.88. The first-order valence-corrected chi connectivity index (χ1v) is 6.76. The van der Waals surface area contributed by atoms with Gasteiger partial charge in [0.25, 0.3) is 0 Å². The highest BCUT2D eigenvalue weighted by molar-refractivity contribution is 5.82. The van der Waals surface area contributed by atoms with Gasteiger partial charge in [-0.3, -0.25) is 4.98 Å². The topological polar surface area (TPSA) is 73.1 Å². The molecule has 3 heterocycles. The Labute approximate surface area is 121 Å². The summed E-state index contributed by atoms with van der Waals surface area (Å²) in [6, 6.07) is 5.97. The van der Waals surface area contributed by atoms with Crippen molar-refractivity contribution in [3.63, 3.8) is 0 Å². The number of aryl methyl sites for hydroxylation is 1. The summed E-state index contributed by atoms with van der Waals surface area (Å²) < 4.78 is 7.20. The van der Waals surface area contributed by atoms with Gasteiger partial charge in [-0.1, -0.05) is 11.3 Å². The molecule has 106 valence electrons. The Kier molecular flexibility index (Phi) is 2.73. The smallest absolute Gasteiger partial charge is 0.113 e. The van der Waals surface area contributed by atoms with Crippen LogP contribution < -0.4 is 0 Å². The SMILES string of the molecule is Cn1nnc2ccc(-c3cncc4c3COCC4O)cc21. The molecule has 0 radical (unpaired) electrons. The zero-order valence-corrected chi connectivity index (χ0v) is 11.5. The first kappa shape index (κ1) is 12.4. The number of ether oxygens (including phenoxy) is 1. The minimum atomic E-state index is -0.608. The number of pyridine rings is 1. The number of fused-ring (bicyclic) bond motifs is 2. The van der Waals surface area contributed by atoms with Gasteiger partial charge in [0.1, 0.15) is 11.6 Å². The van der Waals surface area contributed by atoms with Crippen LogP contribution in [-0.4, -0.2) is 31.7 Å². The lowest BCUT2D eigenvalue weighted by molar-refractivity contribution is 0.00981. The summed E-state index contributed by atoms with van der Waals surface area (Å²) in [4.78, 5) is 4.26. The highest BCUT2D eigenvalue weighted by Crippen LogP contribution is 2.33. The summed E-state index contributed by atoms with van der Waals surface area (Å²) in [5.74, 6) is 0. The van der Waals surface area contributed by atoms with Gasteiger partial charge in [-0.2, -0.15) is 0 Å². The number of hydrogen-bond donors (Lipinski definition) is 1. The standard InChI is InChI=1S/C15H14N4O2/c1-19-14-4-9(2-3-13(14)17-18-19)10-5-16-6-11-12(10)7-21-8-15(11)20/h2-6,15,20H,7-8H2,1H3. The zero-order chi connectivity index (χ0) is 14.4. The Bertz CT molecular complexity index is 828. The Morgan fingerprint density at radius 2 is 2.24 bits per heavy atom. The van der Waals surface area contributed by atoms with Crippen LogP contribution in [0.25, 0.3) is 22.2 Å². The van der Waals surface area contributed by atoms with Crippen LogP contribution in [-0.2, 0) is 18.4 Å². The lowest BCUT2D eigenvalue weighted by Crippen LogP contribution is -2.17. The molecule has 1 aliphatic rings. The van der Waals surface area contributed by atoms with E-state index in [2.05, 4.69) is 15.3 Å². The largest absolute Gasteiger partial charge is 0.386 e. The second kappa shape index (κ2) is 4.61. The molecule has 0 amide bonds. The van der Waals surface area contributed by atoms with Gasteiger partial charge in [-0.05, 0) is 23.3 Å². The molecule has 1 N–H and O–H groups in total. The molecule has 1 aliphatic heterocycles. The second-order valence-corrected chi connectivity index (χ2v) is 5.20. The molecule has 0 fully saturated rings. The van der Waals surface area contributed by atoms with Gasteiger partial charge >= 0.3 is 0 Å². The Hall–Kier alpha value is -2.31. The Balaban J connectivity index is 1.92. The minimum Gasteiger partial charge on any atom is -0.386 e. The van der Waals surface area contributed by atoms with Gasteiger partial charge in [-0.15, -0.1) is 5.10 Å². The van der Waals surface area contributed by atoms with E-state index in [9.17, 15) is 5.11 Å². The van der Waals surface area contributed by atoms with E-state index >= 15 is 0 Å². The van der Waals surface area contributed by atoms with Gasteiger partial charge in [0.2, 0.25) is 0 Å². The van der Waals surface area contributed by atoms with Crippen molar-refractivity contribution in [2.75, 3.05) is 6.61 Å². The van der Waals surface area contributed by atoms with Crippen molar-refractivity contribution >= 4 is 11.0 Å². The number of aliphatic hydroxyl groups is 1. The molecule has 0 saturated carbocycles. The van der Waals surface area contributed by atoms with E-state index in [1.54, 1.807) is 10.9 Å². The molecule has 1 unspecified atom stereocenters. The van der Waals surface area contributed by atoms with Gasteiger partial charge in [-0.25, -0.2) is 4.68 Å². The first-order chi connectivity index (χ1) is 10.2. The molecule has 21 heavy (non-hydrogen) atoms. The maximum Gasteiger partial charge on any atom is 0.113 e. The molecule has 0 saturated heterocycles. The van der Waals surface area contributed by atoms with Crippen LogP contribution in [0.5, 0.6) is 0 Å². The summed E-state index contributed by atoms with van der Waals surface area (Å²) in [5, 5.41) is 18.1. The molecular weight excluding hydrogens is 268 g/mol. The van der Waals surface area contributed by atoms with Crippen LogP contribution in [0.3, 0.4) is 0 Å².